The quantitative estimate of drug-likeness (QED) is 0.455. The highest BCUT2D eigenvalue weighted by molar-refractivity contribution is 5.88. The fraction of sp³-hybridized carbons (Fsp3) is 0.321. The molecule has 0 aliphatic carbocycles. The second kappa shape index (κ2) is 10.4. The van der Waals surface area contributed by atoms with Gasteiger partial charge in [-0.3, -0.25) is 4.90 Å². The van der Waals surface area contributed by atoms with Crippen LogP contribution in [0.3, 0.4) is 0 Å². The van der Waals surface area contributed by atoms with Crippen LogP contribution in [-0.2, 0) is 6.42 Å². The highest BCUT2D eigenvalue weighted by atomic mass is 35.5. The number of anilines is 2. The van der Waals surface area contributed by atoms with Crippen molar-refractivity contribution in [2.75, 3.05) is 11.4 Å². The third kappa shape index (κ3) is 5.07. The lowest BCUT2D eigenvalue weighted by Crippen LogP contribution is -2.50. The van der Waals surface area contributed by atoms with Crippen molar-refractivity contribution in [3.63, 3.8) is 0 Å². The van der Waals surface area contributed by atoms with Crippen LogP contribution in [0.5, 0.6) is 0 Å². The van der Waals surface area contributed by atoms with Crippen molar-refractivity contribution < 1.29 is 9.90 Å². The Kier molecular flexibility index (Phi) is 7.36. The Labute approximate surface area is 202 Å². The van der Waals surface area contributed by atoms with Gasteiger partial charge in [0.25, 0.3) is 0 Å². The maximum atomic E-state index is 11.3. The van der Waals surface area contributed by atoms with E-state index in [0.29, 0.717) is 23.7 Å². The SMILES string of the molecule is Cl.O=C(O)c1ccc(N(c2ccccc2)C2C[C@H]3CC[C@@H](C2)N3CCc2ccccc2)cc1. The number of aromatic carboxylic acids is 1. The molecule has 3 atom stereocenters. The number of para-hydroxylation sites is 1. The van der Waals surface area contributed by atoms with Crippen molar-refractivity contribution in [2.24, 2.45) is 0 Å². The highest BCUT2D eigenvalue weighted by Gasteiger charge is 2.42. The summed E-state index contributed by atoms with van der Waals surface area (Å²) in [5.41, 5.74) is 4.00. The number of rotatable bonds is 7. The van der Waals surface area contributed by atoms with E-state index < -0.39 is 5.97 Å². The smallest absolute Gasteiger partial charge is 0.335 e. The Bertz CT molecular complexity index is 1030. The Morgan fingerprint density at radius 2 is 1.36 bits per heavy atom. The molecule has 33 heavy (non-hydrogen) atoms. The van der Waals surface area contributed by atoms with Crippen molar-refractivity contribution in [3.05, 3.63) is 96.1 Å². The number of piperidine rings is 1. The summed E-state index contributed by atoms with van der Waals surface area (Å²) in [5, 5.41) is 9.30. The van der Waals surface area contributed by atoms with Crippen molar-refractivity contribution in [1.82, 2.24) is 4.90 Å². The van der Waals surface area contributed by atoms with Crippen molar-refractivity contribution in [2.45, 2.75) is 50.2 Å². The number of nitrogens with zero attached hydrogens (tertiary/aromatic N) is 2. The highest BCUT2D eigenvalue weighted by Crippen LogP contribution is 2.41. The van der Waals surface area contributed by atoms with Crippen LogP contribution in [0.1, 0.15) is 41.6 Å². The Hall–Kier alpha value is -2.82. The number of carboxylic acid groups (broad SMARTS) is 1. The average molecular weight is 463 g/mol. The topological polar surface area (TPSA) is 43.8 Å². The predicted octanol–water partition coefficient (Wildman–Crippen LogP) is 6.18. The Morgan fingerprint density at radius 3 is 1.94 bits per heavy atom. The van der Waals surface area contributed by atoms with Crippen LogP contribution in [0.25, 0.3) is 0 Å². The molecular weight excluding hydrogens is 432 g/mol. The van der Waals surface area contributed by atoms with Crippen LogP contribution in [0, 0.1) is 0 Å². The maximum absolute atomic E-state index is 11.3. The molecule has 0 saturated carbocycles. The van der Waals surface area contributed by atoms with Gasteiger partial charge >= 0.3 is 5.97 Å². The number of hydrogen-bond acceptors (Lipinski definition) is 3. The van der Waals surface area contributed by atoms with Gasteiger partial charge in [-0.1, -0.05) is 48.5 Å². The standard InChI is InChI=1S/C28H30N2O2.ClH/c31-28(32)22-11-13-24(14-12-22)30(23-9-5-2-6-10-23)27-19-25-15-16-26(20-27)29(25)18-17-21-7-3-1-4-8-21;/h1-14,25-27H,15-20H2,(H,31,32);1H/t25-,26+,27?;. The molecule has 4 nitrogen and oxygen atoms in total. The number of hydrogen-bond donors (Lipinski definition) is 1. The van der Waals surface area contributed by atoms with Gasteiger partial charge < -0.3 is 10.0 Å². The molecule has 1 unspecified atom stereocenters. The van der Waals surface area contributed by atoms with Gasteiger partial charge in [0.2, 0.25) is 0 Å². The molecule has 0 radical (unpaired) electrons. The number of fused-ring (bicyclic) bond motifs is 2. The molecule has 5 rings (SSSR count). The monoisotopic (exact) mass is 462 g/mol. The van der Waals surface area contributed by atoms with E-state index in [1.807, 2.05) is 18.2 Å². The largest absolute Gasteiger partial charge is 0.478 e. The van der Waals surface area contributed by atoms with Crippen molar-refractivity contribution in [1.29, 1.82) is 0 Å². The zero-order valence-electron chi connectivity index (χ0n) is 18.7. The average Bonchev–Trinajstić information content (AvgIpc) is 3.07. The molecule has 2 aliphatic rings. The molecule has 3 aromatic rings. The van der Waals surface area contributed by atoms with E-state index in [9.17, 15) is 9.90 Å². The Morgan fingerprint density at radius 1 is 0.818 bits per heavy atom. The first-order valence-electron chi connectivity index (χ1n) is 11.7. The summed E-state index contributed by atoms with van der Waals surface area (Å²) in [4.78, 5) is 16.5. The normalized spacial score (nSPS) is 21.9. The van der Waals surface area contributed by atoms with Gasteiger partial charge in [0, 0.05) is 36.0 Å². The van der Waals surface area contributed by atoms with Gasteiger partial charge in [-0.15, -0.1) is 12.4 Å². The minimum absolute atomic E-state index is 0. The first-order chi connectivity index (χ1) is 15.7. The fourth-order valence-electron chi connectivity index (χ4n) is 5.65. The summed E-state index contributed by atoms with van der Waals surface area (Å²) >= 11 is 0. The summed E-state index contributed by atoms with van der Waals surface area (Å²) in [7, 11) is 0. The van der Waals surface area contributed by atoms with Crippen LogP contribution in [-0.4, -0.2) is 40.6 Å². The van der Waals surface area contributed by atoms with Gasteiger partial charge in [-0.2, -0.15) is 0 Å². The predicted molar refractivity (Wildman–Crippen MR) is 136 cm³/mol. The summed E-state index contributed by atoms with van der Waals surface area (Å²) in [5.74, 6) is -0.882. The maximum Gasteiger partial charge on any atom is 0.335 e. The lowest BCUT2D eigenvalue weighted by molar-refractivity contribution is 0.0697. The molecule has 3 aromatic carbocycles. The molecule has 172 valence electrons. The number of carbonyl (C=O) groups is 1. The van der Waals surface area contributed by atoms with Gasteiger partial charge in [0.05, 0.1) is 5.56 Å². The van der Waals surface area contributed by atoms with Gasteiger partial charge in [-0.05, 0) is 74.1 Å². The molecule has 2 heterocycles. The lowest BCUT2D eigenvalue weighted by Gasteiger charge is -2.44. The van der Waals surface area contributed by atoms with E-state index in [0.717, 1.165) is 31.5 Å². The van der Waals surface area contributed by atoms with E-state index in [2.05, 4.69) is 64.4 Å². The first kappa shape index (κ1) is 23.3. The molecule has 0 amide bonds. The van der Waals surface area contributed by atoms with Crippen LogP contribution < -0.4 is 4.90 Å². The van der Waals surface area contributed by atoms with Crippen LogP contribution >= 0.6 is 12.4 Å². The number of carboxylic acids is 1. The first-order valence-corrected chi connectivity index (χ1v) is 11.7. The molecule has 0 spiro atoms. The molecule has 5 heteroatoms. The molecule has 2 fully saturated rings. The van der Waals surface area contributed by atoms with Crippen LogP contribution in [0.2, 0.25) is 0 Å². The summed E-state index contributed by atoms with van der Waals surface area (Å²) in [6, 6.07) is 30.3. The summed E-state index contributed by atoms with van der Waals surface area (Å²) < 4.78 is 0. The second-order valence-electron chi connectivity index (χ2n) is 9.04. The van der Waals surface area contributed by atoms with Gasteiger partial charge in [0.15, 0.2) is 0 Å². The van der Waals surface area contributed by atoms with Gasteiger partial charge in [0.1, 0.15) is 0 Å². The second-order valence-corrected chi connectivity index (χ2v) is 9.04. The molecule has 2 saturated heterocycles. The van der Waals surface area contributed by atoms with Gasteiger partial charge in [-0.25, -0.2) is 4.79 Å². The third-order valence-corrected chi connectivity index (χ3v) is 7.15. The molecule has 0 aromatic heterocycles. The summed E-state index contributed by atoms with van der Waals surface area (Å²) in [6.45, 7) is 1.13. The van der Waals surface area contributed by atoms with E-state index >= 15 is 0 Å². The fourth-order valence-corrected chi connectivity index (χ4v) is 5.65. The lowest BCUT2D eigenvalue weighted by atomic mass is 9.94. The Balaban J connectivity index is 0.00000259. The molecule has 2 aliphatic heterocycles. The van der Waals surface area contributed by atoms with Crippen LogP contribution in [0.15, 0.2) is 84.9 Å². The minimum Gasteiger partial charge on any atom is -0.478 e. The van der Waals surface area contributed by atoms with Crippen LogP contribution in [0.4, 0.5) is 11.4 Å². The van der Waals surface area contributed by atoms with E-state index in [1.54, 1.807) is 12.1 Å². The summed E-state index contributed by atoms with van der Waals surface area (Å²) in [6.07, 6.45) is 5.94. The molecular formula is C28H31ClN2O2. The van der Waals surface area contributed by atoms with Crippen molar-refractivity contribution >= 4 is 29.8 Å². The van der Waals surface area contributed by atoms with Crippen molar-refractivity contribution in [3.8, 4) is 0 Å². The third-order valence-electron chi connectivity index (χ3n) is 7.15. The number of benzene rings is 3. The van der Waals surface area contributed by atoms with E-state index in [4.69, 9.17) is 0 Å². The zero-order valence-corrected chi connectivity index (χ0v) is 19.5. The van der Waals surface area contributed by atoms with E-state index in [-0.39, 0.29) is 12.4 Å². The minimum atomic E-state index is -0.882. The van der Waals surface area contributed by atoms with E-state index in [1.165, 1.54) is 24.1 Å². The number of halogens is 1. The molecule has 1 N–H and O–H groups in total. The zero-order chi connectivity index (χ0) is 21.9. The molecule has 2 bridgehead atoms.